The van der Waals surface area contributed by atoms with Crippen LogP contribution in [0.3, 0.4) is 0 Å². The molecule has 2 atom stereocenters. The number of anilines is 1. The van der Waals surface area contributed by atoms with E-state index < -0.39 is 11.9 Å². The molecular formula is C18H25N3O4. The Bertz CT molecular complexity index is 630. The summed E-state index contributed by atoms with van der Waals surface area (Å²) in [7, 11) is 0. The van der Waals surface area contributed by atoms with Crippen LogP contribution in [0.1, 0.15) is 43.5 Å². The molecule has 1 saturated heterocycles. The van der Waals surface area contributed by atoms with Crippen LogP contribution in [0, 0.1) is 5.92 Å². The summed E-state index contributed by atoms with van der Waals surface area (Å²) in [6.45, 7) is 4.70. The second-order valence-corrected chi connectivity index (χ2v) is 6.41. The smallest absolute Gasteiger partial charge is 0.321 e. The third-order valence-corrected chi connectivity index (χ3v) is 4.45. The van der Waals surface area contributed by atoms with Crippen LogP contribution in [0.2, 0.25) is 0 Å². The maximum absolute atomic E-state index is 12.3. The monoisotopic (exact) mass is 347 g/mol. The molecule has 0 radical (unpaired) electrons. The van der Waals surface area contributed by atoms with E-state index in [0.717, 1.165) is 6.42 Å². The van der Waals surface area contributed by atoms with Gasteiger partial charge in [-0.2, -0.15) is 0 Å². The zero-order valence-electron chi connectivity index (χ0n) is 14.6. The van der Waals surface area contributed by atoms with Gasteiger partial charge in [0, 0.05) is 30.4 Å². The molecule has 2 rings (SSSR count). The van der Waals surface area contributed by atoms with Gasteiger partial charge in [0.2, 0.25) is 0 Å². The predicted molar refractivity (Wildman–Crippen MR) is 94.6 cm³/mol. The molecule has 0 bridgehead atoms. The Balaban J connectivity index is 1.93. The number of nitrogens with zero attached hydrogens (tertiary/aromatic N) is 1. The Morgan fingerprint density at radius 2 is 1.96 bits per heavy atom. The number of benzene rings is 1. The van der Waals surface area contributed by atoms with Crippen molar-refractivity contribution in [2.75, 3.05) is 18.4 Å². The lowest BCUT2D eigenvalue weighted by molar-refractivity contribution is -0.143. The average molecular weight is 347 g/mol. The van der Waals surface area contributed by atoms with E-state index in [1.54, 1.807) is 24.3 Å². The summed E-state index contributed by atoms with van der Waals surface area (Å²) in [5.41, 5.74) is 1.10. The largest absolute Gasteiger partial charge is 0.481 e. The van der Waals surface area contributed by atoms with Gasteiger partial charge in [-0.25, -0.2) is 4.79 Å². The van der Waals surface area contributed by atoms with Gasteiger partial charge in [-0.15, -0.1) is 0 Å². The highest BCUT2D eigenvalue weighted by Crippen LogP contribution is 2.18. The lowest BCUT2D eigenvalue weighted by atomic mass is 9.99. The Morgan fingerprint density at radius 1 is 1.28 bits per heavy atom. The Hall–Kier alpha value is -2.57. The SMILES string of the molecule is CCC(C)NC(=O)c1ccc(NC(=O)N2CCCC(C(=O)O)C2)cc1. The van der Waals surface area contributed by atoms with Gasteiger partial charge in [-0.3, -0.25) is 9.59 Å². The number of nitrogens with one attached hydrogen (secondary N) is 2. The predicted octanol–water partition coefficient (Wildman–Crippen LogP) is 2.54. The fraction of sp³-hybridized carbons (Fsp3) is 0.500. The molecule has 7 heteroatoms. The van der Waals surface area contributed by atoms with Gasteiger partial charge in [-0.1, -0.05) is 6.92 Å². The summed E-state index contributed by atoms with van der Waals surface area (Å²) >= 11 is 0. The second kappa shape index (κ2) is 8.50. The number of rotatable bonds is 5. The zero-order valence-corrected chi connectivity index (χ0v) is 14.6. The Labute approximate surface area is 147 Å². The first-order valence-corrected chi connectivity index (χ1v) is 8.60. The quantitative estimate of drug-likeness (QED) is 0.762. The molecular weight excluding hydrogens is 322 g/mol. The lowest BCUT2D eigenvalue weighted by Gasteiger charge is -2.30. The highest BCUT2D eigenvalue weighted by atomic mass is 16.4. The number of hydrogen-bond donors (Lipinski definition) is 3. The van der Waals surface area contributed by atoms with Gasteiger partial charge >= 0.3 is 12.0 Å². The van der Waals surface area contributed by atoms with Crippen molar-refractivity contribution in [1.82, 2.24) is 10.2 Å². The zero-order chi connectivity index (χ0) is 18.4. The van der Waals surface area contributed by atoms with E-state index in [9.17, 15) is 14.4 Å². The van der Waals surface area contributed by atoms with Crippen LogP contribution < -0.4 is 10.6 Å². The summed E-state index contributed by atoms with van der Waals surface area (Å²) in [4.78, 5) is 36.9. The number of carboxylic acid groups (broad SMARTS) is 1. The lowest BCUT2D eigenvalue weighted by Crippen LogP contribution is -2.44. The molecule has 3 N–H and O–H groups in total. The van der Waals surface area contributed by atoms with E-state index in [1.165, 1.54) is 4.90 Å². The molecule has 7 nitrogen and oxygen atoms in total. The molecule has 0 aliphatic carbocycles. The first-order valence-electron chi connectivity index (χ1n) is 8.60. The van der Waals surface area contributed by atoms with Crippen molar-refractivity contribution in [2.45, 2.75) is 39.2 Å². The van der Waals surface area contributed by atoms with E-state index in [1.807, 2.05) is 13.8 Å². The number of amides is 3. The van der Waals surface area contributed by atoms with Crippen LogP contribution in [-0.4, -0.2) is 47.0 Å². The molecule has 1 aromatic rings. The fourth-order valence-electron chi connectivity index (χ4n) is 2.68. The van der Waals surface area contributed by atoms with Crippen molar-refractivity contribution in [3.63, 3.8) is 0 Å². The Kier molecular flexibility index (Phi) is 6.38. The van der Waals surface area contributed by atoms with Crippen LogP contribution in [0.15, 0.2) is 24.3 Å². The molecule has 1 heterocycles. The number of hydrogen-bond acceptors (Lipinski definition) is 3. The highest BCUT2D eigenvalue weighted by molar-refractivity contribution is 5.95. The number of urea groups is 1. The van der Waals surface area contributed by atoms with Gasteiger partial charge in [0.05, 0.1) is 5.92 Å². The van der Waals surface area contributed by atoms with Gasteiger partial charge < -0.3 is 20.6 Å². The maximum Gasteiger partial charge on any atom is 0.321 e. The van der Waals surface area contributed by atoms with Crippen molar-refractivity contribution in [1.29, 1.82) is 0 Å². The highest BCUT2D eigenvalue weighted by Gasteiger charge is 2.28. The molecule has 1 aliphatic heterocycles. The Morgan fingerprint density at radius 3 is 2.56 bits per heavy atom. The van der Waals surface area contributed by atoms with Gasteiger partial charge in [0.1, 0.15) is 0 Å². The third-order valence-electron chi connectivity index (χ3n) is 4.45. The van der Waals surface area contributed by atoms with Crippen molar-refractivity contribution in [3.8, 4) is 0 Å². The number of carbonyl (C=O) groups is 3. The minimum Gasteiger partial charge on any atom is -0.481 e. The fourth-order valence-corrected chi connectivity index (χ4v) is 2.68. The average Bonchev–Trinajstić information content (AvgIpc) is 2.62. The molecule has 1 aromatic carbocycles. The summed E-state index contributed by atoms with van der Waals surface area (Å²) in [5, 5.41) is 14.7. The van der Waals surface area contributed by atoms with Crippen LogP contribution in [0.5, 0.6) is 0 Å². The first kappa shape index (κ1) is 18.8. The van der Waals surface area contributed by atoms with E-state index in [4.69, 9.17) is 5.11 Å². The van der Waals surface area contributed by atoms with Crippen molar-refractivity contribution in [3.05, 3.63) is 29.8 Å². The molecule has 1 fully saturated rings. The van der Waals surface area contributed by atoms with Crippen LogP contribution in [-0.2, 0) is 4.79 Å². The molecule has 0 aromatic heterocycles. The number of piperidine rings is 1. The van der Waals surface area contributed by atoms with Gasteiger partial charge in [0.25, 0.3) is 5.91 Å². The normalized spacial score (nSPS) is 18.3. The second-order valence-electron chi connectivity index (χ2n) is 6.41. The summed E-state index contributed by atoms with van der Waals surface area (Å²) in [6.07, 6.45) is 2.13. The van der Waals surface area contributed by atoms with E-state index in [0.29, 0.717) is 30.6 Å². The first-order chi connectivity index (χ1) is 11.9. The summed E-state index contributed by atoms with van der Waals surface area (Å²) in [5.74, 6) is -1.52. The number of carbonyl (C=O) groups excluding carboxylic acids is 2. The molecule has 0 spiro atoms. The number of carboxylic acids is 1. The van der Waals surface area contributed by atoms with Gasteiger partial charge in [0.15, 0.2) is 0 Å². The molecule has 2 unspecified atom stereocenters. The van der Waals surface area contributed by atoms with Crippen LogP contribution in [0.25, 0.3) is 0 Å². The van der Waals surface area contributed by atoms with E-state index in [2.05, 4.69) is 10.6 Å². The summed E-state index contributed by atoms with van der Waals surface area (Å²) < 4.78 is 0. The van der Waals surface area contributed by atoms with E-state index in [-0.39, 0.29) is 24.5 Å². The maximum atomic E-state index is 12.3. The number of aliphatic carboxylic acids is 1. The molecule has 1 aliphatic rings. The van der Waals surface area contributed by atoms with Crippen molar-refractivity contribution < 1.29 is 19.5 Å². The molecule has 3 amide bonds. The third kappa shape index (κ3) is 5.20. The molecule has 0 saturated carbocycles. The van der Waals surface area contributed by atoms with Crippen LogP contribution in [0.4, 0.5) is 10.5 Å². The molecule has 136 valence electrons. The minimum absolute atomic E-state index is 0.105. The van der Waals surface area contributed by atoms with Crippen LogP contribution >= 0.6 is 0 Å². The topological polar surface area (TPSA) is 98.7 Å². The van der Waals surface area contributed by atoms with Gasteiger partial charge in [-0.05, 0) is 50.5 Å². The van der Waals surface area contributed by atoms with Crippen molar-refractivity contribution >= 4 is 23.6 Å². The molecule has 25 heavy (non-hydrogen) atoms. The van der Waals surface area contributed by atoms with E-state index >= 15 is 0 Å². The summed E-state index contributed by atoms with van der Waals surface area (Å²) in [6, 6.07) is 6.44. The van der Waals surface area contributed by atoms with Crippen molar-refractivity contribution in [2.24, 2.45) is 5.92 Å². The number of likely N-dealkylation sites (tertiary alicyclic amines) is 1. The standard InChI is InChI=1S/C18H25N3O4/c1-3-12(2)19-16(22)13-6-8-15(9-7-13)20-18(25)21-10-4-5-14(11-21)17(23)24/h6-9,12,14H,3-5,10-11H2,1-2H3,(H,19,22)(H,20,25)(H,23,24). The minimum atomic E-state index is -0.867.